The van der Waals surface area contributed by atoms with Crippen molar-refractivity contribution in [2.45, 2.75) is 37.5 Å². The molecule has 29 heavy (non-hydrogen) atoms. The van der Waals surface area contributed by atoms with E-state index in [1.807, 2.05) is 6.07 Å². The second-order valence-corrected chi connectivity index (χ2v) is 8.30. The molecule has 2 heterocycles. The number of anilines is 1. The average Bonchev–Trinajstić information content (AvgIpc) is 3.47. The third-order valence-corrected chi connectivity index (χ3v) is 6.34. The summed E-state index contributed by atoms with van der Waals surface area (Å²) >= 11 is 0. The van der Waals surface area contributed by atoms with Gasteiger partial charge in [0, 0.05) is 19.0 Å². The van der Waals surface area contributed by atoms with E-state index in [9.17, 15) is 5.26 Å². The molecular formula is C25H25N3O. The number of piperidine rings is 1. The van der Waals surface area contributed by atoms with Crippen molar-refractivity contribution in [3.05, 3.63) is 83.4 Å². The summed E-state index contributed by atoms with van der Waals surface area (Å²) in [5, 5.41) is 9.60. The molecule has 0 radical (unpaired) electrons. The number of benzene rings is 2. The van der Waals surface area contributed by atoms with Crippen LogP contribution in [0.25, 0.3) is 0 Å². The zero-order valence-corrected chi connectivity index (χ0v) is 16.5. The van der Waals surface area contributed by atoms with Crippen LogP contribution in [0.5, 0.6) is 0 Å². The summed E-state index contributed by atoms with van der Waals surface area (Å²) in [5.41, 5.74) is 3.18. The summed E-state index contributed by atoms with van der Waals surface area (Å²) in [6.07, 6.45) is 4.41. The normalized spacial score (nSPS) is 21.7. The number of rotatable bonds is 5. The maximum Gasteiger partial charge on any atom is 0.234 e. The van der Waals surface area contributed by atoms with Gasteiger partial charge in [0.1, 0.15) is 6.07 Å². The Morgan fingerprint density at radius 2 is 1.66 bits per heavy atom. The van der Waals surface area contributed by atoms with Crippen LogP contribution in [0.15, 0.2) is 65.1 Å². The van der Waals surface area contributed by atoms with Crippen LogP contribution in [0.3, 0.4) is 0 Å². The molecule has 2 aromatic carbocycles. The predicted molar refractivity (Wildman–Crippen MR) is 113 cm³/mol. The first-order chi connectivity index (χ1) is 14.3. The molecular weight excluding hydrogens is 358 g/mol. The molecule has 0 amide bonds. The van der Waals surface area contributed by atoms with Crippen LogP contribution in [0.4, 0.5) is 5.88 Å². The summed E-state index contributed by atoms with van der Waals surface area (Å²) in [6, 6.07) is 23.5. The zero-order chi connectivity index (χ0) is 19.6. The molecule has 0 spiro atoms. The highest BCUT2D eigenvalue weighted by Crippen LogP contribution is 2.54. The summed E-state index contributed by atoms with van der Waals surface area (Å²) in [6.45, 7) is 1.85. The second kappa shape index (κ2) is 7.75. The van der Waals surface area contributed by atoms with Crippen LogP contribution < -0.4 is 4.90 Å². The van der Waals surface area contributed by atoms with Crippen LogP contribution in [0, 0.1) is 17.2 Å². The lowest BCUT2D eigenvalue weighted by Crippen LogP contribution is -2.34. The molecule has 0 N–H and O–H groups in total. The average molecular weight is 383 g/mol. The van der Waals surface area contributed by atoms with Gasteiger partial charge in [-0.05, 0) is 48.6 Å². The molecule has 1 aliphatic carbocycles. The van der Waals surface area contributed by atoms with E-state index in [0.29, 0.717) is 29.3 Å². The molecule has 1 saturated heterocycles. The van der Waals surface area contributed by atoms with Crippen molar-refractivity contribution in [2.75, 3.05) is 18.0 Å². The van der Waals surface area contributed by atoms with Gasteiger partial charge in [-0.3, -0.25) is 0 Å². The quantitative estimate of drug-likeness (QED) is 0.602. The Morgan fingerprint density at radius 3 is 2.34 bits per heavy atom. The Morgan fingerprint density at radius 1 is 0.966 bits per heavy atom. The van der Waals surface area contributed by atoms with Crippen molar-refractivity contribution in [3.63, 3.8) is 0 Å². The van der Waals surface area contributed by atoms with Gasteiger partial charge in [0.15, 0.2) is 0 Å². The van der Waals surface area contributed by atoms with Crippen molar-refractivity contribution in [1.82, 2.24) is 4.98 Å². The van der Waals surface area contributed by atoms with E-state index in [1.54, 1.807) is 0 Å². The molecule has 1 aromatic heterocycles. The van der Waals surface area contributed by atoms with Crippen molar-refractivity contribution in [2.24, 2.45) is 5.92 Å². The topological polar surface area (TPSA) is 53.1 Å². The van der Waals surface area contributed by atoms with Gasteiger partial charge in [0.05, 0.1) is 0 Å². The molecule has 2 atom stereocenters. The fourth-order valence-electron chi connectivity index (χ4n) is 4.60. The number of nitriles is 1. The molecule has 0 bridgehead atoms. The summed E-state index contributed by atoms with van der Waals surface area (Å²) in [5.74, 6) is 2.86. The standard InChI is InChI=1S/C25H25N3O/c26-17-23-25(28-13-11-19(12-14-28)15-18-7-3-1-4-8-18)29-24(27-23)22-16-21(22)20-9-5-2-6-10-20/h1-10,19,21-22H,11-16H2/t21-,22-/m1/s1. The Balaban J connectivity index is 1.25. The highest BCUT2D eigenvalue weighted by atomic mass is 16.4. The molecule has 2 aliphatic rings. The van der Waals surface area contributed by atoms with Crippen molar-refractivity contribution < 1.29 is 4.42 Å². The van der Waals surface area contributed by atoms with Crippen LogP contribution in [-0.4, -0.2) is 18.1 Å². The van der Waals surface area contributed by atoms with Gasteiger partial charge in [-0.15, -0.1) is 0 Å². The first-order valence-corrected chi connectivity index (χ1v) is 10.6. The summed E-state index contributed by atoms with van der Waals surface area (Å²) in [7, 11) is 0. The lowest BCUT2D eigenvalue weighted by atomic mass is 9.90. The molecule has 4 nitrogen and oxygen atoms in total. The highest BCUT2D eigenvalue weighted by molar-refractivity contribution is 5.49. The molecule has 146 valence electrons. The molecule has 3 aromatic rings. The zero-order valence-electron chi connectivity index (χ0n) is 16.5. The number of hydrogen-bond donors (Lipinski definition) is 0. The molecule has 2 fully saturated rings. The maximum atomic E-state index is 9.60. The monoisotopic (exact) mass is 383 g/mol. The molecule has 5 rings (SSSR count). The molecule has 0 unspecified atom stereocenters. The van der Waals surface area contributed by atoms with Crippen LogP contribution in [-0.2, 0) is 6.42 Å². The van der Waals surface area contributed by atoms with E-state index in [2.05, 4.69) is 70.6 Å². The SMILES string of the molecule is N#Cc1nc([C@@H]2C[C@@H]2c2ccccc2)oc1N1CCC(Cc2ccccc2)CC1. The van der Waals surface area contributed by atoms with Crippen molar-refractivity contribution in [1.29, 1.82) is 5.26 Å². The van der Waals surface area contributed by atoms with E-state index >= 15 is 0 Å². The minimum absolute atomic E-state index is 0.300. The summed E-state index contributed by atoms with van der Waals surface area (Å²) < 4.78 is 6.17. The largest absolute Gasteiger partial charge is 0.423 e. The predicted octanol–water partition coefficient (Wildman–Crippen LogP) is 5.28. The third-order valence-electron chi connectivity index (χ3n) is 6.34. The van der Waals surface area contributed by atoms with Gasteiger partial charge < -0.3 is 9.32 Å². The minimum atomic E-state index is 0.300. The summed E-state index contributed by atoms with van der Waals surface area (Å²) in [4.78, 5) is 6.78. The lowest BCUT2D eigenvalue weighted by Gasteiger charge is -2.31. The molecule has 4 heteroatoms. The lowest BCUT2D eigenvalue weighted by molar-refractivity contribution is 0.383. The van der Waals surface area contributed by atoms with Gasteiger partial charge in [0.25, 0.3) is 0 Å². The first-order valence-electron chi connectivity index (χ1n) is 10.6. The van der Waals surface area contributed by atoms with Gasteiger partial charge in [0.2, 0.25) is 17.5 Å². The highest BCUT2D eigenvalue weighted by Gasteiger charge is 2.44. The van der Waals surface area contributed by atoms with E-state index in [1.165, 1.54) is 11.1 Å². The van der Waals surface area contributed by atoms with Crippen molar-refractivity contribution >= 4 is 5.88 Å². The first kappa shape index (κ1) is 18.0. The van der Waals surface area contributed by atoms with E-state index < -0.39 is 0 Å². The molecule has 1 saturated carbocycles. The smallest absolute Gasteiger partial charge is 0.234 e. The van der Waals surface area contributed by atoms with Crippen LogP contribution in [0.1, 0.15) is 53.8 Å². The van der Waals surface area contributed by atoms with Crippen LogP contribution in [0.2, 0.25) is 0 Å². The third kappa shape index (κ3) is 3.78. The van der Waals surface area contributed by atoms with Crippen LogP contribution >= 0.6 is 0 Å². The number of aromatic nitrogens is 1. The molecule has 1 aliphatic heterocycles. The Labute approximate surface area is 171 Å². The number of oxazole rings is 1. The van der Waals surface area contributed by atoms with E-state index in [0.717, 1.165) is 44.7 Å². The fraction of sp³-hybridized carbons (Fsp3) is 0.360. The van der Waals surface area contributed by atoms with Gasteiger partial charge in [-0.2, -0.15) is 5.26 Å². The second-order valence-electron chi connectivity index (χ2n) is 8.30. The fourth-order valence-corrected chi connectivity index (χ4v) is 4.60. The van der Waals surface area contributed by atoms with E-state index in [-0.39, 0.29) is 0 Å². The van der Waals surface area contributed by atoms with Gasteiger partial charge in [-0.25, -0.2) is 4.98 Å². The van der Waals surface area contributed by atoms with Gasteiger partial charge >= 0.3 is 0 Å². The number of hydrogen-bond acceptors (Lipinski definition) is 4. The Kier molecular flexibility index (Phi) is 4.81. The van der Waals surface area contributed by atoms with Gasteiger partial charge in [-0.1, -0.05) is 60.7 Å². The minimum Gasteiger partial charge on any atom is -0.423 e. The maximum absolute atomic E-state index is 9.60. The van der Waals surface area contributed by atoms with E-state index in [4.69, 9.17) is 4.42 Å². The van der Waals surface area contributed by atoms with Crippen molar-refractivity contribution in [3.8, 4) is 6.07 Å². The Hall–Kier alpha value is -3.06. The number of nitrogens with zero attached hydrogens (tertiary/aromatic N) is 3. The Bertz CT molecular complexity index is 998.